The highest BCUT2D eigenvalue weighted by Crippen LogP contribution is 2.20. The van der Waals surface area contributed by atoms with Crippen LogP contribution in [0.2, 0.25) is 0 Å². The number of halogens is 1. The van der Waals surface area contributed by atoms with E-state index in [1.54, 1.807) is 0 Å². The van der Waals surface area contributed by atoms with Gasteiger partial charge in [0.25, 0.3) is 0 Å². The lowest BCUT2D eigenvalue weighted by Crippen LogP contribution is -1.99. The van der Waals surface area contributed by atoms with Gasteiger partial charge in [-0.3, -0.25) is 4.39 Å². The lowest BCUT2D eigenvalue weighted by atomic mass is 9.95. The molecule has 2 nitrogen and oxygen atoms in total. The van der Waals surface area contributed by atoms with Gasteiger partial charge in [-0.15, -0.1) is 0 Å². The van der Waals surface area contributed by atoms with Crippen molar-refractivity contribution in [2.45, 2.75) is 5.92 Å². The Hall–Kier alpha value is -1.87. The molecule has 1 unspecified atom stereocenters. The number of hydrogen-bond acceptors (Lipinski definition) is 2. The summed E-state index contributed by atoms with van der Waals surface area (Å²) in [7, 11) is 0. The maximum atomic E-state index is 12.4. The fraction of sp³-hybridized carbons (Fsp3) is 0.182. The quantitative estimate of drug-likeness (QED) is 0.713. The van der Waals surface area contributed by atoms with E-state index < -0.39 is 12.6 Å². The zero-order chi connectivity index (χ0) is 10.6. The SMILES string of the molecule is [CH2]C(CF)c1cc(C#N)ccc1C#N. The number of alkyl halides is 1. The van der Waals surface area contributed by atoms with Gasteiger partial charge >= 0.3 is 0 Å². The van der Waals surface area contributed by atoms with E-state index in [1.165, 1.54) is 18.2 Å². The molecule has 1 rings (SSSR count). The third-order valence-electron chi connectivity index (χ3n) is 1.93. The van der Waals surface area contributed by atoms with Crippen molar-refractivity contribution in [2.75, 3.05) is 6.67 Å². The first-order valence-corrected chi connectivity index (χ1v) is 4.06. The van der Waals surface area contributed by atoms with E-state index >= 15 is 0 Å². The first-order valence-electron chi connectivity index (χ1n) is 4.06. The predicted molar refractivity (Wildman–Crippen MR) is 49.9 cm³/mol. The molecule has 0 aliphatic rings. The topological polar surface area (TPSA) is 47.6 Å². The predicted octanol–water partition coefficient (Wildman–Crippen LogP) is 2.32. The molecule has 0 fully saturated rings. The average molecular weight is 187 g/mol. The monoisotopic (exact) mass is 187 g/mol. The number of benzene rings is 1. The summed E-state index contributed by atoms with van der Waals surface area (Å²) in [6.07, 6.45) is 0. The lowest BCUT2D eigenvalue weighted by molar-refractivity contribution is 0.465. The van der Waals surface area contributed by atoms with E-state index in [2.05, 4.69) is 6.92 Å². The van der Waals surface area contributed by atoms with Crippen molar-refractivity contribution in [2.24, 2.45) is 0 Å². The molecule has 3 heteroatoms. The molecule has 1 radical (unpaired) electrons. The van der Waals surface area contributed by atoms with Crippen LogP contribution in [0, 0.1) is 29.6 Å². The highest BCUT2D eigenvalue weighted by Gasteiger charge is 2.11. The molecule has 0 amide bonds. The third kappa shape index (κ3) is 1.89. The molecule has 1 aromatic rings. The van der Waals surface area contributed by atoms with Crippen LogP contribution in [0.1, 0.15) is 22.6 Å². The van der Waals surface area contributed by atoms with Crippen molar-refractivity contribution in [3.05, 3.63) is 41.8 Å². The Labute approximate surface area is 82.2 Å². The lowest BCUT2D eigenvalue weighted by Gasteiger charge is -2.08. The van der Waals surface area contributed by atoms with Gasteiger partial charge in [0.2, 0.25) is 0 Å². The molecule has 0 saturated heterocycles. The maximum absolute atomic E-state index is 12.4. The average Bonchev–Trinajstić information content (AvgIpc) is 2.27. The van der Waals surface area contributed by atoms with Crippen molar-refractivity contribution < 1.29 is 4.39 Å². The summed E-state index contributed by atoms with van der Waals surface area (Å²) in [5.74, 6) is -0.585. The molecule has 0 aliphatic carbocycles. The minimum atomic E-state index is -0.635. The zero-order valence-electron chi connectivity index (χ0n) is 7.50. The molecule has 69 valence electrons. The van der Waals surface area contributed by atoms with Gasteiger partial charge in [0.05, 0.1) is 29.9 Å². The van der Waals surface area contributed by atoms with E-state index in [0.29, 0.717) is 16.7 Å². The fourth-order valence-corrected chi connectivity index (χ4v) is 1.15. The summed E-state index contributed by atoms with van der Waals surface area (Å²) in [6, 6.07) is 8.44. The first-order chi connectivity index (χ1) is 6.72. The fourth-order valence-electron chi connectivity index (χ4n) is 1.15. The van der Waals surface area contributed by atoms with E-state index in [4.69, 9.17) is 10.5 Å². The summed E-state index contributed by atoms with van der Waals surface area (Å²) in [5, 5.41) is 17.4. The molecular weight excluding hydrogens is 179 g/mol. The van der Waals surface area contributed by atoms with Crippen molar-refractivity contribution in [1.82, 2.24) is 0 Å². The molecule has 0 saturated carbocycles. The summed E-state index contributed by atoms with van der Waals surface area (Å²) in [6.45, 7) is 2.94. The number of nitrogens with zero attached hydrogens (tertiary/aromatic N) is 2. The van der Waals surface area contributed by atoms with Gasteiger partial charge in [-0.2, -0.15) is 10.5 Å². The minimum Gasteiger partial charge on any atom is -0.250 e. The molecule has 0 spiro atoms. The summed E-state index contributed by atoms with van der Waals surface area (Å²) >= 11 is 0. The molecule has 1 atom stereocenters. The Balaban J connectivity index is 3.25. The Morgan fingerprint density at radius 1 is 1.36 bits per heavy atom. The van der Waals surface area contributed by atoms with E-state index in [0.717, 1.165) is 0 Å². The van der Waals surface area contributed by atoms with E-state index in [-0.39, 0.29) is 0 Å². The maximum Gasteiger partial charge on any atom is 0.0994 e. The second-order valence-corrected chi connectivity index (χ2v) is 2.88. The van der Waals surface area contributed by atoms with Crippen LogP contribution in [0.25, 0.3) is 0 Å². The second kappa shape index (κ2) is 4.39. The normalized spacial score (nSPS) is 11.4. The smallest absolute Gasteiger partial charge is 0.0994 e. The van der Waals surface area contributed by atoms with Crippen LogP contribution in [0.15, 0.2) is 18.2 Å². The highest BCUT2D eigenvalue weighted by atomic mass is 19.1. The van der Waals surface area contributed by atoms with Gasteiger partial charge in [0.15, 0.2) is 0 Å². The summed E-state index contributed by atoms with van der Waals surface area (Å²) < 4.78 is 12.4. The van der Waals surface area contributed by atoms with Crippen LogP contribution in [-0.4, -0.2) is 6.67 Å². The number of nitriles is 2. The Morgan fingerprint density at radius 3 is 2.57 bits per heavy atom. The van der Waals surface area contributed by atoms with Crippen LogP contribution in [0.3, 0.4) is 0 Å². The van der Waals surface area contributed by atoms with Gasteiger partial charge in [0, 0.05) is 5.92 Å². The molecular formula is C11H8FN2. The van der Waals surface area contributed by atoms with Gasteiger partial charge < -0.3 is 0 Å². The molecule has 0 heterocycles. The van der Waals surface area contributed by atoms with Gasteiger partial charge in [0.1, 0.15) is 0 Å². The van der Waals surface area contributed by atoms with Crippen LogP contribution >= 0.6 is 0 Å². The zero-order valence-corrected chi connectivity index (χ0v) is 7.50. The Bertz CT molecular complexity index is 412. The molecule has 0 bridgehead atoms. The van der Waals surface area contributed by atoms with Crippen molar-refractivity contribution in [3.8, 4) is 12.1 Å². The molecule has 1 aromatic carbocycles. The van der Waals surface area contributed by atoms with Crippen LogP contribution in [-0.2, 0) is 0 Å². The van der Waals surface area contributed by atoms with E-state index in [1.807, 2.05) is 12.1 Å². The largest absolute Gasteiger partial charge is 0.250 e. The number of hydrogen-bond donors (Lipinski definition) is 0. The molecule has 0 aliphatic heterocycles. The van der Waals surface area contributed by atoms with E-state index in [9.17, 15) is 4.39 Å². The minimum absolute atomic E-state index is 0.377. The van der Waals surface area contributed by atoms with Gasteiger partial charge in [-0.1, -0.05) is 0 Å². The Morgan fingerprint density at radius 2 is 2.07 bits per heavy atom. The summed E-state index contributed by atoms with van der Waals surface area (Å²) in [4.78, 5) is 0. The summed E-state index contributed by atoms with van der Waals surface area (Å²) in [5.41, 5.74) is 1.29. The highest BCUT2D eigenvalue weighted by molar-refractivity contribution is 5.46. The van der Waals surface area contributed by atoms with Gasteiger partial charge in [-0.25, -0.2) is 0 Å². The Kier molecular flexibility index (Phi) is 3.20. The van der Waals surface area contributed by atoms with Crippen LogP contribution in [0.5, 0.6) is 0 Å². The standard InChI is InChI=1S/C11H8FN2/c1-8(5-12)11-4-9(6-13)2-3-10(11)7-14/h2-4,8H,1,5H2. The number of rotatable bonds is 2. The second-order valence-electron chi connectivity index (χ2n) is 2.88. The van der Waals surface area contributed by atoms with Crippen LogP contribution in [0.4, 0.5) is 4.39 Å². The first kappa shape index (κ1) is 10.2. The van der Waals surface area contributed by atoms with Crippen LogP contribution < -0.4 is 0 Å². The van der Waals surface area contributed by atoms with Crippen molar-refractivity contribution in [1.29, 1.82) is 10.5 Å². The third-order valence-corrected chi connectivity index (χ3v) is 1.93. The molecule has 0 aromatic heterocycles. The molecule has 0 N–H and O–H groups in total. The van der Waals surface area contributed by atoms with Gasteiger partial charge in [-0.05, 0) is 30.7 Å². The van der Waals surface area contributed by atoms with Crippen molar-refractivity contribution >= 4 is 0 Å². The molecule has 14 heavy (non-hydrogen) atoms. The van der Waals surface area contributed by atoms with Crippen molar-refractivity contribution in [3.63, 3.8) is 0 Å².